The Hall–Kier alpha value is -4.32. The van der Waals surface area contributed by atoms with Crippen LogP contribution in [0.25, 0.3) is 5.57 Å². The van der Waals surface area contributed by atoms with Gasteiger partial charge in [0.05, 0.1) is 21.2 Å². The molecule has 4 saturated carbocycles. The average Bonchev–Trinajstić information content (AvgIpc) is 3.71. The summed E-state index contributed by atoms with van der Waals surface area (Å²) in [6.07, 6.45) is 19.2. The number of hydrogen-bond acceptors (Lipinski definition) is 6. The molecule has 0 aromatic heterocycles. The molecule has 0 amide bonds. The molecule has 0 heterocycles. The first-order chi connectivity index (χ1) is 34.8. The van der Waals surface area contributed by atoms with Gasteiger partial charge in [0.1, 0.15) is 24.3 Å². The number of halogens is 2. The number of hydrogen-bond donors (Lipinski definition) is 4. The van der Waals surface area contributed by atoms with Gasteiger partial charge in [-0.2, -0.15) is 0 Å². The van der Waals surface area contributed by atoms with Gasteiger partial charge in [0.15, 0.2) is 11.5 Å². The molecule has 8 rings (SSSR count). The van der Waals surface area contributed by atoms with Crippen molar-refractivity contribution < 1.29 is 78.6 Å². The van der Waals surface area contributed by atoms with E-state index < -0.39 is 23.9 Å². The zero-order chi connectivity index (χ0) is 52.4. The van der Waals surface area contributed by atoms with Crippen molar-refractivity contribution >= 4 is 52.7 Å². The Morgan fingerprint density at radius 1 is 0.649 bits per heavy atom. The summed E-state index contributed by atoms with van der Waals surface area (Å²) in [5, 5.41) is 40.1. The van der Waals surface area contributed by atoms with Gasteiger partial charge in [-0.25, -0.2) is 19.2 Å². The Balaban J connectivity index is 0.00000800. The quantitative estimate of drug-likeness (QED) is 0.0626. The van der Waals surface area contributed by atoms with E-state index in [-0.39, 0.29) is 86.6 Å². The number of aromatic carboxylic acids is 4. The molecule has 4 aromatic carbocycles. The van der Waals surface area contributed by atoms with E-state index in [0.717, 1.165) is 48.3 Å². The molecule has 4 fully saturated rings. The summed E-state index contributed by atoms with van der Waals surface area (Å²) in [4.78, 5) is 49.2. The molecule has 4 aliphatic rings. The molecule has 9 atom stereocenters. The first-order valence-electron chi connectivity index (χ1n) is 26.5. The smallest absolute Gasteiger partial charge is 0.486 e. The van der Waals surface area contributed by atoms with Crippen LogP contribution in [-0.2, 0) is 13.2 Å². The fraction of sp³-hybridized carbons (Fsp3) is 0.508. The molecule has 1 unspecified atom stereocenters. The normalized spacial score (nSPS) is 25.4. The van der Waals surface area contributed by atoms with E-state index in [9.17, 15) is 39.6 Å². The second kappa shape index (κ2) is 24.3. The van der Waals surface area contributed by atoms with Crippen LogP contribution >= 0.6 is 23.2 Å². The van der Waals surface area contributed by atoms with Gasteiger partial charge in [-0.1, -0.05) is 107 Å². The Morgan fingerprint density at radius 3 is 1.72 bits per heavy atom. The minimum Gasteiger partial charge on any atom is -0.486 e. The summed E-state index contributed by atoms with van der Waals surface area (Å²) in [6.45, 7) is 12.2. The van der Waals surface area contributed by atoms with Crippen LogP contribution in [0.5, 0.6) is 11.5 Å². The average molecular weight is 1060 g/mol. The van der Waals surface area contributed by atoms with Crippen LogP contribution in [0.3, 0.4) is 0 Å². The van der Waals surface area contributed by atoms with Gasteiger partial charge in [-0.3, -0.25) is 0 Å². The number of ether oxygens (including phenoxy) is 2. The van der Waals surface area contributed by atoms with Gasteiger partial charge in [0, 0.05) is 0 Å². The number of fused-ring (bicyclic) bond motifs is 5. The molecule has 0 spiro atoms. The van der Waals surface area contributed by atoms with Crippen molar-refractivity contribution in [3.05, 3.63) is 133 Å². The molecule has 4 aromatic rings. The second-order valence-corrected chi connectivity index (χ2v) is 23.7. The predicted octanol–water partition coefficient (Wildman–Crippen LogP) is 12.9. The molecule has 4 N–H and O–H groups in total. The summed E-state index contributed by atoms with van der Waals surface area (Å²) < 4.78 is 12.0. The molecule has 74 heavy (non-hydrogen) atoms. The van der Waals surface area contributed by atoms with E-state index in [1.165, 1.54) is 107 Å². The van der Waals surface area contributed by atoms with Crippen LogP contribution < -0.4 is 39.0 Å². The Morgan fingerprint density at radius 2 is 1.19 bits per heavy atom. The van der Waals surface area contributed by atoms with E-state index >= 15 is 0 Å². The zero-order valence-electron chi connectivity index (χ0n) is 43.9. The van der Waals surface area contributed by atoms with Crippen molar-refractivity contribution in [3.8, 4) is 11.5 Å². The van der Waals surface area contributed by atoms with Crippen LogP contribution in [0.2, 0.25) is 10.0 Å². The number of carboxylic acids is 4. The third-order valence-electron chi connectivity index (χ3n) is 18.2. The Kier molecular flexibility index (Phi) is 18.9. The number of carbonyl (C=O) groups is 4. The van der Waals surface area contributed by atoms with E-state index in [4.69, 9.17) is 32.7 Å². The molecule has 0 bridgehead atoms. The minimum atomic E-state index is -1.31. The van der Waals surface area contributed by atoms with Crippen LogP contribution in [0.15, 0.2) is 78.9 Å². The Bertz CT molecular complexity index is 2620. The van der Waals surface area contributed by atoms with E-state index in [0.29, 0.717) is 56.9 Å². The fourth-order valence-electron chi connectivity index (χ4n) is 14.5. The first kappa shape index (κ1) is 57.4. The maximum absolute atomic E-state index is 13.0. The van der Waals surface area contributed by atoms with Gasteiger partial charge in [0.2, 0.25) is 0 Å². The van der Waals surface area contributed by atoms with Crippen LogP contribution in [-0.4, -0.2) is 44.3 Å². The molecule has 10 nitrogen and oxygen atoms in total. The van der Waals surface area contributed by atoms with Crippen LogP contribution in [0, 0.1) is 58.2 Å². The third kappa shape index (κ3) is 12.4. The van der Waals surface area contributed by atoms with Crippen LogP contribution in [0.4, 0.5) is 0 Å². The number of carboxylic acid groups (broad SMARTS) is 4. The van der Waals surface area contributed by atoms with Gasteiger partial charge >= 0.3 is 53.4 Å². The maximum Gasteiger partial charge on any atom is 1.00 e. The number of rotatable bonds is 20. The second-order valence-electron chi connectivity index (χ2n) is 22.9. The monoisotopic (exact) mass is 1060 g/mol. The standard InChI is InChI=1S/C61H72Cl2O10.Na/c1-35(2)10-6-11-36(3)49-20-21-50-46-19-18-44-28-37(22-24-60(44,4)51(46)23-25-61(49,50)5)12-9-17-45(42-29-47(58(68)69)54(52(62)31-42)72-33-38-13-7-15-40(26-38)56(64)65)43-30-48(59(70)71)55(53(63)32-43)73-34-39-14-8-16-41(27-39)57(66)67;/h7-8,13-17,26-27,29-32,35-37,44,46,49-51H,6,9-12,18-25,28,33-34H2,1-5H3,(H,64,65)(H,66,67)(H,68,69)(H,70,71);/q;+1/t36?,37-,44-,46-,49+,50-,51-,60-,61+;/m0./s1. The summed E-state index contributed by atoms with van der Waals surface area (Å²) in [5.74, 6) is 0.960. The molecular weight excluding hydrogens is 987 g/mol. The van der Waals surface area contributed by atoms with E-state index in [2.05, 4.69) is 34.6 Å². The predicted molar refractivity (Wildman–Crippen MR) is 285 cm³/mol. The van der Waals surface area contributed by atoms with Gasteiger partial charge in [-0.05, 0) is 205 Å². The molecule has 390 valence electrons. The van der Waals surface area contributed by atoms with Gasteiger partial charge in [-0.15, -0.1) is 0 Å². The third-order valence-corrected chi connectivity index (χ3v) is 18.7. The summed E-state index contributed by atoms with van der Waals surface area (Å²) in [5.41, 5.74) is 2.80. The molecule has 0 aliphatic heterocycles. The van der Waals surface area contributed by atoms with Crippen molar-refractivity contribution in [2.45, 2.75) is 138 Å². The number of allylic oxidation sites excluding steroid dienone is 1. The SMILES string of the molecule is CC(C)CCCC(C)[C@H]1CC[C@H]2[C@@H]3CC[C@H]4C[C@@H](CCC=C(c5cc(Cl)c(OCc6cccc(C(=O)O)c6)c(C(=O)O)c5)c5cc(Cl)c(OCc6cccc(C(=O)O)c6)c(C(=O)O)c5)CC[C@]4(C)[C@H]3CC[C@]12C.[Na+]. The zero-order valence-corrected chi connectivity index (χ0v) is 47.4. The fourth-order valence-corrected chi connectivity index (χ4v) is 15.1. The van der Waals surface area contributed by atoms with Crippen molar-refractivity contribution in [1.29, 1.82) is 0 Å². The molecule has 0 radical (unpaired) electrons. The molecule has 13 heteroatoms. The van der Waals surface area contributed by atoms with Crippen molar-refractivity contribution in [2.75, 3.05) is 0 Å². The molecular formula is C61H72Cl2NaO10+. The summed E-state index contributed by atoms with van der Waals surface area (Å²) >= 11 is 13.8. The summed E-state index contributed by atoms with van der Waals surface area (Å²) in [6, 6.07) is 18.4. The number of benzene rings is 4. The topological polar surface area (TPSA) is 168 Å². The van der Waals surface area contributed by atoms with E-state index in [1.54, 1.807) is 36.4 Å². The Labute approximate surface area is 468 Å². The maximum atomic E-state index is 13.0. The first-order valence-corrected chi connectivity index (χ1v) is 27.3. The van der Waals surface area contributed by atoms with Crippen molar-refractivity contribution in [1.82, 2.24) is 0 Å². The van der Waals surface area contributed by atoms with Crippen LogP contribution in [0.1, 0.15) is 188 Å². The largest absolute Gasteiger partial charge is 1.00 e. The van der Waals surface area contributed by atoms with E-state index in [1.807, 2.05) is 6.08 Å². The van der Waals surface area contributed by atoms with Gasteiger partial charge in [0.25, 0.3) is 0 Å². The van der Waals surface area contributed by atoms with Crippen molar-refractivity contribution in [3.63, 3.8) is 0 Å². The van der Waals surface area contributed by atoms with Crippen molar-refractivity contribution in [2.24, 2.45) is 58.2 Å². The minimum absolute atomic E-state index is 0. The molecule has 4 aliphatic carbocycles. The van der Waals surface area contributed by atoms with Gasteiger partial charge < -0.3 is 29.9 Å². The summed E-state index contributed by atoms with van der Waals surface area (Å²) in [7, 11) is 0. The molecule has 0 saturated heterocycles.